The summed E-state index contributed by atoms with van der Waals surface area (Å²) in [6.45, 7) is 3.05. The summed E-state index contributed by atoms with van der Waals surface area (Å²) in [5, 5.41) is 11.6. The maximum Gasteiger partial charge on any atom is 0.249 e. The van der Waals surface area contributed by atoms with Crippen molar-refractivity contribution in [2.75, 3.05) is 19.8 Å². The van der Waals surface area contributed by atoms with E-state index in [-0.39, 0.29) is 24.4 Å². The molecule has 1 atom stereocenters. The van der Waals surface area contributed by atoms with Gasteiger partial charge in [0.15, 0.2) is 5.84 Å². The molecule has 1 heterocycles. The monoisotopic (exact) mass is 229 g/mol. The Morgan fingerprint density at radius 1 is 1.62 bits per heavy atom. The minimum atomic E-state index is -0.285. The van der Waals surface area contributed by atoms with Crippen LogP contribution in [-0.2, 0) is 9.53 Å². The van der Waals surface area contributed by atoms with Crippen molar-refractivity contribution in [3.8, 4) is 0 Å². The predicted octanol–water partition coefficient (Wildman–Crippen LogP) is 0.150. The van der Waals surface area contributed by atoms with Crippen molar-refractivity contribution in [1.82, 2.24) is 4.90 Å². The van der Waals surface area contributed by atoms with Gasteiger partial charge in [0.25, 0.3) is 0 Å². The van der Waals surface area contributed by atoms with Crippen LogP contribution in [0, 0.1) is 0 Å². The zero-order chi connectivity index (χ0) is 12.0. The minimum absolute atomic E-state index is 0.0612. The molecule has 3 N–H and O–H groups in total. The number of hydrogen-bond donors (Lipinski definition) is 2. The number of piperidine rings is 1. The summed E-state index contributed by atoms with van der Waals surface area (Å²) in [5.74, 6) is 0.00250. The number of nitrogens with two attached hydrogens (primary N) is 1. The van der Waals surface area contributed by atoms with E-state index in [0.29, 0.717) is 13.2 Å². The van der Waals surface area contributed by atoms with E-state index in [0.717, 1.165) is 19.3 Å². The van der Waals surface area contributed by atoms with Crippen molar-refractivity contribution in [3.05, 3.63) is 0 Å². The Labute approximate surface area is 95.0 Å². The Kier molecular flexibility index (Phi) is 5.04. The molecule has 1 amide bonds. The van der Waals surface area contributed by atoms with Gasteiger partial charge in [0, 0.05) is 13.2 Å². The summed E-state index contributed by atoms with van der Waals surface area (Å²) in [4.78, 5) is 13.4. The van der Waals surface area contributed by atoms with Crippen LogP contribution >= 0.6 is 0 Å². The summed E-state index contributed by atoms with van der Waals surface area (Å²) in [6.07, 6.45) is 2.68. The molecule has 1 rings (SSSR count). The minimum Gasteiger partial charge on any atom is -0.409 e. The Morgan fingerprint density at radius 3 is 3.00 bits per heavy atom. The topological polar surface area (TPSA) is 88.2 Å². The van der Waals surface area contributed by atoms with Crippen molar-refractivity contribution >= 4 is 11.7 Å². The summed E-state index contributed by atoms with van der Waals surface area (Å²) < 4.78 is 5.08. The third-order valence-corrected chi connectivity index (χ3v) is 2.71. The first-order valence-electron chi connectivity index (χ1n) is 5.55. The second-order valence-electron chi connectivity index (χ2n) is 3.76. The summed E-state index contributed by atoms with van der Waals surface area (Å²) in [7, 11) is 0. The quantitative estimate of drug-likeness (QED) is 0.311. The van der Waals surface area contributed by atoms with Crippen molar-refractivity contribution in [2.24, 2.45) is 10.9 Å². The lowest BCUT2D eigenvalue weighted by Crippen LogP contribution is -2.51. The van der Waals surface area contributed by atoms with Crippen LogP contribution in [-0.4, -0.2) is 47.7 Å². The van der Waals surface area contributed by atoms with Crippen molar-refractivity contribution in [1.29, 1.82) is 0 Å². The van der Waals surface area contributed by atoms with E-state index in [2.05, 4.69) is 5.16 Å². The zero-order valence-electron chi connectivity index (χ0n) is 9.56. The van der Waals surface area contributed by atoms with Crippen LogP contribution in [0.15, 0.2) is 5.16 Å². The second kappa shape index (κ2) is 6.32. The number of nitrogens with zero attached hydrogens (tertiary/aromatic N) is 2. The fraction of sp³-hybridized carbons (Fsp3) is 0.800. The molecule has 16 heavy (non-hydrogen) atoms. The van der Waals surface area contributed by atoms with Gasteiger partial charge in [0.05, 0.1) is 6.04 Å². The molecule has 0 aromatic rings. The fourth-order valence-electron chi connectivity index (χ4n) is 1.88. The third-order valence-electron chi connectivity index (χ3n) is 2.71. The van der Waals surface area contributed by atoms with E-state index in [9.17, 15) is 4.79 Å². The Hall–Kier alpha value is -1.30. The molecule has 0 spiro atoms. The van der Waals surface area contributed by atoms with Crippen molar-refractivity contribution in [2.45, 2.75) is 32.2 Å². The average Bonchev–Trinajstić information content (AvgIpc) is 2.35. The summed E-state index contributed by atoms with van der Waals surface area (Å²) in [5.41, 5.74) is 5.57. The molecular formula is C10H19N3O3. The lowest BCUT2D eigenvalue weighted by molar-refractivity contribution is -0.138. The molecule has 0 aromatic carbocycles. The van der Waals surface area contributed by atoms with E-state index in [1.807, 2.05) is 6.92 Å². The van der Waals surface area contributed by atoms with Crippen LogP contribution in [0.5, 0.6) is 0 Å². The molecule has 1 fully saturated rings. The molecule has 6 nitrogen and oxygen atoms in total. The van der Waals surface area contributed by atoms with Crippen LogP contribution in [0.4, 0.5) is 0 Å². The number of rotatable bonds is 4. The molecule has 0 bridgehead atoms. The van der Waals surface area contributed by atoms with Crippen LogP contribution < -0.4 is 5.73 Å². The first-order chi connectivity index (χ1) is 7.70. The molecule has 1 aliphatic rings. The van der Waals surface area contributed by atoms with E-state index < -0.39 is 0 Å². The highest BCUT2D eigenvalue weighted by molar-refractivity contribution is 5.90. The number of likely N-dealkylation sites (tertiary alicyclic amines) is 1. The zero-order valence-corrected chi connectivity index (χ0v) is 9.56. The van der Waals surface area contributed by atoms with Gasteiger partial charge in [-0.3, -0.25) is 4.79 Å². The van der Waals surface area contributed by atoms with E-state index >= 15 is 0 Å². The largest absolute Gasteiger partial charge is 0.409 e. The molecular weight excluding hydrogens is 210 g/mol. The number of hydrogen-bond acceptors (Lipinski definition) is 4. The Bertz CT molecular complexity index is 268. The molecule has 6 heteroatoms. The highest BCUT2D eigenvalue weighted by atomic mass is 16.5. The van der Waals surface area contributed by atoms with E-state index in [1.54, 1.807) is 4.90 Å². The van der Waals surface area contributed by atoms with Crippen LogP contribution in [0.1, 0.15) is 26.2 Å². The molecule has 0 aromatic heterocycles. The van der Waals surface area contributed by atoms with Gasteiger partial charge in [-0.05, 0) is 26.2 Å². The first kappa shape index (κ1) is 12.8. The molecule has 92 valence electrons. The van der Waals surface area contributed by atoms with Crippen LogP contribution in [0.25, 0.3) is 0 Å². The fourth-order valence-corrected chi connectivity index (χ4v) is 1.88. The average molecular weight is 229 g/mol. The van der Waals surface area contributed by atoms with Gasteiger partial charge in [0.2, 0.25) is 5.91 Å². The molecule has 0 aliphatic carbocycles. The highest BCUT2D eigenvalue weighted by Gasteiger charge is 2.29. The van der Waals surface area contributed by atoms with E-state index in [1.165, 1.54) is 0 Å². The number of ether oxygens (including phenoxy) is 1. The number of oxime groups is 1. The number of carbonyl (C=O) groups excluding carboxylic acids is 1. The Balaban J connectivity index is 2.62. The maximum atomic E-state index is 11.8. The number of amidine groups is 1. The summed E-state index contributed by atoms with van der Waals surface area (Å²) in [6, 6.07) is -0.285. The molecule has 1 saturated heterocycles. The molecule has 1 unspecified atom stereocenters. The third kappa shape index (κ3) is 3.10. The standard InChI is InChI=1S/C10H19N3O3/c1-2-16-7-9(14)13-6-4-3-5-8(13)10(11)12-15/h8,15H,2-7H2,1H3,(H2,11,12). The van der Waals surface area contributed by atoms with Gasteiger partial charge in [-0.15, -0.1) is 0 Å². The molecule has 0 radical (unpaired) electrons. The highest BCUT2D eigenvalue weighted by Crippen LogP contribution is 2.17. The number of carbonyl (C=O) groups is 1. The van der Waals surface area contributed by atoms with Gasteiger partial charge >= 0.3 is 0 Å². The maximum absolute atomic E-state index is 11.8. The molecule has 0 saturated carbocycles. The lowest BCUT2D eigenvalue weighted by atomic mass is 10.0. The van der Waals surface area contributed by atoms with Crippen LogP contribution in [0.2, 0.25) is 0 Å². The van der Waals surface area contributed by atoms with Gasteiger partial charge in [0.1, 0.15) is 6.61 Å². The first-order valence-corrected chi connectivity index (χ1v) is 5.55. The SMILES string of the molecule is CCOCC(=O)N1CCCCC1C(N)=NO. The van der Waals surface area contributed by atoms with Gasteiger partial charge < -0.3 is 20.6 Å². The van der Waals surface area contributed by atoms with Gasteiger partial charge in [-0.1, -0.05) is 5.16 Å². The normalized spacial score (nSPS) is 22.2. The van der Waals surface area contributed by atoms with Crippen LogP contribution in [0.3, 0.4) is 0 Å². The van der Waals surface area contributed by atoms with Gasteiger partial charge in [-0.25, -0.2) is 0 Å². The van der Waals surface area contributed by atoms with Gasteiger partial charge in [-0.2, -0.15) is 0 Å². The van der Waals surface area contributed by atoms with Crippen molar-refractivity contribution < 1.29 is 14.7 Å². The molecule has 1 aliphatic heterocycles. The van der Waals surface area contributed by atoms with E-state index in [4.69, 9.17) is 15.7 Å². The smallest absolute Gasteiger partial charge is 0.249 e. The number of amides is 1. The Morgan fingerprint density at radius 2 is 2.38 bits per heavy atom. The van der Waals surface area contributed by atoms with Crippen molar-refractivity contribution in [3.63, 3.8) is 0 Å². The second-order valence-corrected chi connectivity index (χ2v) is 3.76. The predicted molar refractivity (Wildman–Crippen MR) is 59.3 cm³/mol. The summed E-state index contributed by atoms with van der Waals surface area (Å²) >= 11 is 0. The lowest BCUT2D eigenvalue weighted by Gasteiger charge is -2.34.